The van der Waals surface area contributed by atoms with Gasteiger partial charge >= 0.3 is 0 Å². The van der Waals surface area contributed by atoms with Crippen LogP contribution in [0.5, 0.6) is 0 Å². The second-order valence-corrected chi connectivity index (χ2v) is 7.93. The first-order valence-corrected chi connectivity index (χ1v) is 10.5. The minimum absolute atomic E-state index is 0.0692. The Morgan fingerprint density at radius 3 is 2.55 bits per heavy atom. The highest BCUT2D eigenvalue weighted by Gasteiger charge is 2.25. The first kappa shape index (κ1) is 20.7. The highest BCUT2D eigenvalue weighted by Crippen LogP contribution is 2.38. The molecule has 0 aliphatic rings. The Bertz CT molecular complexity index is 1270. The van der Waals surface area contributed by atoms with Gasteiger partial charge in [0.1, 0.15) is 6.07 Å². The molecule has 5 heteroatoms. The Kier molecular flexibility index (Phi) is 6.06. The zero-order chi connectivity index (χ0) is 21.8. The molecule has 0 aliphatic carbocycles. The zero-order valence-corrected chi connectivity index (χ0v) is 17.9. The molecule has 1 amide bonds. The lowest BCUT2D eigenvalue weighted by Crippen LogP contribution is -2.25. The van der Waals surface area contributed by atoms with Crippen LogP contribution < -0.4 is 5.32 Å². The second kappa shape index (κ2) is 9.07. The standard InChI is InChI=1S/C26H22ClN3O/c1-30-17-23(20-11-5-6-13-24(20)30)22(21-12-7-10-19(15-28)26(21)27)14-25(31)29-16-18-8-3-2-4-9-18/h2-13,17,22H,14,16H2,1H3,(H,29,31). The van der Waals surface area contributed by atoms with E-state index in [4.69, 9.17) is 11.6 Å². The van der Waals surface area contributed by atoms with Crippen molar-refractivity contribution in [2.24, 2.45) is 7.05 Å². The minimum Gasteiger partial charge on any atom is -0.352 e. The van der Waals surface area contributed by atoms with Crippen LogP contribution >= 0.6 is 11.6 Å². The summed E-state index contributed by atoms with van der Waals surface area (Å²) in [5.74, 6) is -0.345. The van der Waals surface area contributed by atoms with Crippen molar-refractivity contribution >= 4 is 28.4 Å². The molecule has 1 unspecified atom stereocenters. The molecule has 1 atom stereocenters. The number of para-hydroxylation sites is 1. The summed E-state index contributed by atoms with van der Waals surface area (Å²) in [6.45, 7) is 0.466. The number of amides is 1. The maximum Gasteiger partial charge on any atom is 0.221 e. The molecule has 4 aromatic rings. The number of rotatable bonds is 6. The third-order valence-electron chi connectivity index (χ3n) is 5.55. The van der Waals surface area contributed by atoms with Crippen molar-refractivity contribution in [1.82, 2.24) is 9.88 Å². The quantitative estimate of drug-likeness (QED) is 0.439. The van der Waals surface area contributed by atoms with Crippen LogP contribution in [0.2, 0.25) is 5.02 Å². The molecule has 0 radical (unpaired) electrons. The highest BCUT2D eigenvalue weighted by atomic mass is 35.5. The van der Waals surface area contributed by atoms with Crippen molar-refractivity contribution in [1.29, 1.82) is 5.26 Å². The van der Waals surface area contributed by atoms with Gasteiger partial charge in [0.05, 0.1) is 10.6 Å². The number of aryl methyl sites for hydroxylation is 1. The number of nitriles is 1. The summed E-state index contributed by atoms with van der Waals surface area (Å²) in [7, 11) is 1.99. The Morgan fingerprint density at radius 1 is 1.03 bits per heavy atom. The first-order valence-electron chi connectivity index (χ1n) is 10.1. The molecule has 0 aliphatic heterocycles. The lowest BCUT2D eigenvalue weighted by atomic mass is 9.87. The monoisotopic (exact) mass is 427 g/mol. The van der Waals surface area contributed by atoms with Crippen molar-refractivity contribution in [3.05, 3.63) is 106 Å². The normalized spacial score (nSPS) is 11.8. The van der Waals surface area contributed by atoms with Crippen LogP contribution in [0.25, 0.3) is 10.9 Å². The van der Waals surface area contributed by atoms with E-state index in [1.54, 1.807) is 6.07 Å². The van der Waals surface area contributed by atoms with Gasteiger partial charge in [-0.25, -0.2) is 0 Å². The Hall–Kier alpha value is -3.55. The number of hydrogen-bond donors (Lipinski definition) is 1. The van der Waals surface area contributed by atoms with Crippen LogP contribution in [-0.2, 0) is 18.4 Å². The minimum atomic E-state index is -0.275. The number of benzene rings is 3. The molecule has 0 bridgehead atoms. The van der Waals surface area contributed by atoms with Crippen LogP contribution in [0, 0.1) is 11.3 Å². The first-order chi connectivity index (χ1) is 15.1. The molecule has 4 rings (SSSR count). The average Bonchev–Trinajstić information content (AvgIpc) is 3.14. The molecule has 31 heavy (non-hydrogen) atoms. The molecule has 0 saturated carbocycles. The summed E-state index contributed by atoms with van der Waals surface area (Å²) in [6, 6.07) is 25.5. The van der Waals surface area contributed by atoms with E-state index in [9.17, 15) is 10.1 Å². The molecular formula is C26H22ClN3O. The molecule has 0 fully saturated rings. The average molecular weight is 428 g/mol. The zero-order valence-electron chi connectivity index (χ0n) is 17.2. The number of carbonyl (C=O) groups excluding carboxylic acids is 1. The van der Waals surface area contributed by atoms with Gasteiger partial charge in [-0.2, -0.15) is 5.26 Å². The number of halogens is 1. The molecule has 4 nitrogen and oxygen atoms in total. The van der Waals surface area contributed by atoms with Crippen molar-refractivity contribution in [2.75, 3.05) is 0 Å². The topological polar surface area (TPSA) is 57.8 Å². The molecular weight excluding hydrogens is 406 g/mol. The molecule has 0 saturated heterocycles. The maximum absolute atomic E-state index is 13.0. The number of carbonyl (C=O) groups is 1. The summed E-state index contributed by atoms with van der Waals surface area (Å²) in [5.41, 5.74) is 4.34. The van der Waals surface area contributed by atoms with E-state index in [1.165, 1.54) is 0 Å². The van der Waals surface area contributed by atoms with E-state index in [0.29, 0.717) is 17.1 Å². The van der Waals surface area contributed by atoms with Crippen LogP contribution in [-0.4, -0.2) is 10.5 Å². The van der Waals surface area contributed by atoms with Gasteiger partial charge in [-0.3, -0.25) is 4.79 Å². The fourth-order valence-corrected chi connectivity index (χ4v) is 4.30. The number of hydrogen-bond acceptors (Lipinski definition) is 2. The summed E-state index contributed by atoms with van der Waals surface area (Å²) in [6.07, 6.45) is 2.28. The van der Waals surface area contributed by atoms with Crippen LogP contribution in [0.1, 0.15) is 34.6 Å². The van der Waals surface area contributed by atoms with E-state index in [2.05, 4.69) is 34.3 Å². The van der Waals surface area contributed by atoms with Crippen molar-refractivity contribution in [3.63, 3.8) is 0 Å². The predicted octanol–water partition coefficient (Wildman–Crippen LogP) is 5.54. The van der Waals surface area contributed by atoms with E-state index >= 15 is 0 Å². The summed E-state index contributed by atoms with van der Waals surface area (Å²) >= 11 is 6.61. The van der Waals surface area contributed by atoms with E-state index in [1.807, 2.05) is 61.6 Å². The van der Waals surface area contributed by atoms with Gasteiger partial charge in [0.15, 0.2) is 0 Å². The van der Waals surface area contributed by atoms with Gasteiger partial charge < -0.3 is 9.88 Å². The van der Waals surface area contributed by atoms with Gasteiger partial charge in [-0.15, -0.1) is 0 Å². The Balaban J connectivity index is 1.71. The lowest BCUT2D eigenvalue weighted by Gasteiger charge is -2.19. The molecule has 1 heterocycles. The highest BCUT2D eigenvalue weighted by molar-refractivity contribution is 6.32. The van der Waals surface area contributed by atoms with Crippen molar-refractivity contribution in [2.45, 2.75) is 18.9 Å². The third-order valence-corrected chi connectivity index (χ3v) is 5.97. The fraction of sp³-hybridized carbons (Fsp3) is 0.154. The van der Waals surface area contributed by atoms with Gasteiger partial charge in [-0.1, -0.05) is 72.3 Å². The number of nitrogens with one attached hydrogen (secondary N) is 1. The van der Waals surface area contributed by atoms with Crippen molar-refractivity contribution in [3.8, 4) is 6.07 Å². The fourth-order valence-electron chi connectivity index (χ4n) is 4.00. The van der Waals surface area contributed by atoms with Gasteiger partial charge in [0, 0.05) is 43.0 Å². The molecule has 0 spiro atoms. The van der Waals surface area contributed by atoms with E-state index in [-0.39, 0.29) is 18.2 Å². The number of nitrogens with zero attached hydrogens (tertiary/aromatic N) is 2. The molecule has 3 aromatic carbocycles. The van der Waals surface area contributed by atoms with Gasteiger partial charge in [0.25, 0.3) is 0 Å². The molecule has 1 N–H and O–H groups in total. The maximum atomic E-state index is 13.0. The third kappa shape index (κ3) is 4.33. The summed E-state index contributed by atoms with van der Waals surface area (Å²) in [4.78, 5) is 13.0. The smallest absolute Gasteiger partial charge is 0.221 e. The summed E-state index contributed by atoms with van der Waals surface area (Å²) in [5, 5.41) is 13.9. The largest absolute Gasteiger partial charge is 0.352 e. The van der Waals surface area contributed by atoms with Crippen LogP contribution in [0.4, 0.5) is 0 Å². The SMILES string of the molecule is Cn1cc(C(CC(=O)NCc2ccccc2)c2cccc(C#N)c2Cl)c2ccccc21. The molecule has 154 valence electrons. The molecule has 1 aromatic heterocycles. The Morgan fingerprint density at radius 2 is 1.77 bits per heavy atom. The Labute approximate surface area is 186 Å². The van der Waals surface area contributed by atoms with Crippen molar-refractivity contribution < 1.29 is 4.79 Å². The van der Waals surface area contributed by atoms with Crippen LogP contribution in [0.3, 0.4) is 0 Å². The number of aromatic nitrogens is 1. The lowest BCUT2D eigenvalue weighted by molar-refractivity contribution is -0.121. The van der Waals surface area contributed by atoms with E-state index < -0.39 is 0 Å². The van der Waals surface area contributed by atoms with E-state index in [0.717, 1.165) is 27.6 Å². The summed E-state index contributed by atoms with van der Waals surface area (Å²) < 4.78 is 2.06. The second-order valence-electron chi connectivity index (χ2n) is 7.55. The van der Waals surface area contributed by atoms with Gasteiger partial charge in [0.2, 0.25) is 5.91 Å². The predicted molar refractivity (Wildman–Crippen MR) is 124 cm³/mol. The van der Waals surface area contributed by atoms with Crippen LogP contribution in [0.15, 0.2) is 79.0 Å². The van der Waals surface area contributed by atoms with Gasteiger partial charge in [-0.05, 0) is 28.8 Å². The number of fused-ring (bicyclic) bond motifs is 1.